The number of ether oxygens (including phenoxy) is 1. The first-order valence-electron chi connectivity index (χ1n) is 10.4. The standard InChI is InChI=1S/C23H30ClN3O5S/c1-18(23(29)25-13-14-32-2)27(16-20-9-11-21(24)12-10-20)22(28)17-26(33(3,30)31)15-19-7-5-4-6-8-19/h4-12,18H,13-17H2,1-3H3,(H,25,29)/t18-/m0/s1. The fraction of sp³-hybridized carbons (Fsp3) is 0.391. The number of nitrogens with one attached hydrogen (secondary N) is 1. The van der Waals surface area contributed by atoms with Crippen LogP contribution in [-0.4, -0.2) is 68.5 Å². The van der Waals surface area contributed by atoms with Crippen molar-refractivity contribution in [2.75, 3.05) is 33.1 Å². The minimum Gasteiger partial charge on any atom is -0.383 e. The smallest absolute Gasteiger partial charge is 0.242 e. The van der Waals surface area contributed by atoms with Gasteiger partial charge >= 0.3 is 0 Å². The Morgan fingerprint density at radius 1 is 1.03 bits per heavy atom. The van der Waals surface area contributed by atoms with Crippen LogP contribution in [0.1, 0.15) is 18.1 Å². The number of halogens is 1. The molecule has 2 aromatic carbocycles. The van der Waals surface area contributed by atoms with Crippen molar-refractivity contribution in [1.29, 1.82) is 0 Å². The molecule has 0 radical (unpaired) electrons. The number of hydrogen-bond donors (Lipinski definition) is 1. The van der Waals surface area contributed by atoms with E-state index in [1.807, 2.05) is 6.07 Å². The molecule has 1 N–H and O–H groups in total. The third-order valence-electron chi connectivity index (χ3n) is 5.02. The summed E-state index contributed by atoms with van der Waals surface area (Å²) in [6.07, 6.45) is 1.06. The summed E-state index contributed by atoms with van der Waals surface area (Å²) in [5.41, 5.74) is 1.52. The van der Waals surface area contributed by atoms with Crippen molar-refractivity contribution in [2.45, 2.75) is 26.1 Å². The van der Waals surface area contributed by atoms with Gasteiger partial charge in [-0.05, 0) is 30.2 Å². The molecule has 1 atom stereocenters. The summed E-state index contributed by atoms with van der Waals surface area (Å²) < 4.78 is 30.9. The van der Waals surface area contributed by atoms with Gasteiger partial charge in [-0.2, -0.15) is 4.31 Å². The lowest BCUT2D eigenvalue weighted by Crippen LogP contribution is -2.51. The van der Waals surface area contributed by atoms with Crippen LogP contribution < -0.4 is 5.32 Å². The summed E-state index contributed by atoms with van der Waals surface area (Å²) in [5, 5.41) is 3.28. The Hall–Kier alpha value is -2.46. The Labute approximate surface area is 200 Å². The highest BCUT2D eigenvalue weighted by molar-refractivity contribution is 7.88. The Balaban J connectivity index is 2.25. The van der Waals surface area contributed by atoms with Gasteiger partial charge in [-0.3, -0.25) is 9.59 Å². The van der Waals surface area contributed by atoms with E-state index >= 15 is 0 Å². The second-order valence-corrected chi connectivity index (χ2v) is 10.0. The normalized spacial score (nSPS) is 12.4. The van der Waals surface area contributed by atoms with Crippen LogP contribution in [0.5, 0.6) is 0 Å². The molecule has 0 unspecified atom stereocenters. The van der Waals surface area contributed by atoms with Crippen LogP contribution in [0.3, 0.4) is 0 Å². The SMILES string of the molecule is COCCNC(=O)[C@H](C)N(Cc1ccc(Cl)cc1)C(=O)CN(Cc1ccccc1)S(C)(=O)=O. The monoisotopic (exact) mass is 495 g/mol. The minimum absolute atomic E-state index is 0.0502. The number of nitrogens with zero attached hydrogens (tertiary/aromatic N) is 2. The van der Waals surface area contributed by atoms with E-state index in [9.17, 15) is 18.0 Å². The van der Waals surface area contributed by atoms with E-state index in [1.54, 1.807) is 55.5 Å². The van der Waals surface area contributed by atoms with E-state index in [1.165, 1.54) is 12.0 Å². The van der Waals surface area contributed by atoms with Crippen LogP contribution in [0.25, 0.3) is 0 Å². The predicted octanol–water partition coefficient (Wildman–Crippen LogP) is 2.28. The summed E-state index contributed by atoms with van der Waals surface area (Å²) in [4.78, 5) is 27.4. The van der Waals surface area contributed by atoms with Gasteiger partial charge in [0.2, 0.25) is 21.8 Å². The number of hydrogen-bond acceptors (Lipinski definition) is 5. The third kappa shape index (κ3) is 8.77. The molecule has 0 bridgehead atoms. The average Bonchev–Trinajstić information content (AvgIpc) is 2.78. The predicted molar refractivity (Wildman–Crippen MR) is 128 cm³/mol. The van der Waals surface area contributed by atoms with E-state index in [0.717, 1.165) is 21.7 Å². The van der Waals surface area contributed by atoms with Crippen molar-refractivity contribution in [2.24, 2.45) is 0 Å². The molecule has 2 aromatic rings. The molecule has 0 spiro atoms. The number of carbonyl (C=O) groups is 2. The van der Waals surface area contributed by atoms with E-state index in [-0.39, 0.29) is 19.0 Å². The van der Waals surface area contributed by atoms with E-state index in [0.29, 0.717) is 18.2 Å². The molecule has 0 saturated carbocycles. The largest absolute Gasteiger partial charge is 0.383 e. The maximum Gasteiger partial charge on any atom is 0.242 e. The summed E-state index contributed by atoms with van der Waals surface area (Å²) in [7, 11) is -2.16. The van der Waals surface area contributed by atoms with Gasteiger partial charge in [-0.1, -0.05) is 54.1 Å². The first kappa shape index (κ1) is 26.8. The van der Waals surface area contributed by atoms with Crippen LogP contribution in [0.15, 0.2) is 54.6 Å². The molecule has 180 valence electrons. The number of methoxy groups -OCH3 is 1. The molecule has 0 heterocycles. The van der Waals surface area contributed by atoms with E-state index in [4.69, 9.17) is 16.3 Å². The Bertz CT molecular complexity index is 1020. The van der Waals surface area contributed by atoms with Crippen LogP contribution >= 0.6 is 11.6 Å². The second-order valence-electron chi connectivity index (χ2n) is 7.62. The molecule has 10 heteroatoms. The zero-order chi connectivity index (χ0) is 24.4. The number of rotatable bonds is 12. The molecule has 0 aliphatic carbocycles. The molecule has 2 rings (SSSR count). The molecule has 8 nitrogen and oxygen atoms in total. The number of amides is 2. The summed E-state index contributed by atoms with van der Waals surface area (Å²) in [5.74, 6) is -0.843. The van der Waals surface area contributed by atoms with Crippen molar-refractivity contribution in [1.82, 2.24) is 14.5 Å². The number of benzene rings is 2. The van der Waals surface area contributed by atoms with Crippen LogP contribution in [0, 0.1) is 0 Å². The maximum atomic E-state index is 13.3. The molecule has 0 aromatic heterocycles. The average molecular weight is 496 g/mol. The molecule has 0 saturated heterocycles. The van der Waals surface area contributed by atoms with Crippen molar-refractivity contribution in [3.8, 4) is 0 Å². The van der Waals surface area contributed by atoms with E-state index < -0.39 is 28.5 Å². The highest BCUT2D eigenvalue weighted by Crippen LogP contribution is 2.15. The first-order chi connectivity index (χ1) is 15.6. The molecular weight excluding hydrogens is 466 g/mol. The lowest BCUT2D eigenvalue weighted by Gasteiger charge is -2.31. The van der Waals surface area contributed by atoms with Gasteiger partial charge < -0.3 is 15.0 Å². The highest BCUT2D eigenvalue weighted by Gasteiger charge is 2.29. The van der Waals surface area contributed by atoms with Crippen LogP contribution in [-0.2, 0) is 37.4 Å². The van der Waals surface area contributed by atoms with Crippen LogP contribution in [0.2, 0.25) is 5.02 Å². The molecular formula is C23H30ClN3O5S. The number of sulfonamides is 1. The topological polar surface area (TPSA) is 96.0 Å². The molecule has 0 fully saturated rings. The Morgan fingerprint density at radius 3 is 2.21 bits per heavy atom. The molecule has 0 aliphatic heterocycles. The zero-order valence-corrected chi connectivity index (χ0v) is 20.6. The zero-order valence-electron chi connectivity index (χ0n) is 19.0. The maximum absolute atomic E-state index is 13.3. The Kier molecular flexibility index (Phi) is 10.3. The van der Waals surface area contributed by atoms with Crippen molar-refractivity contribution >= 4 is 33.4 Å². The van der Waals surface area contributed by atoms with Gasteiger partial charge in [0.15, 0.2) is 0 Å². The van der Waals surface area contributed by atoms with E-state index in [2.05, 4.69) is 5.32 Å². The number of carbonyl (C=O) groups excluding carboxylic acids is 2. The minimum atomic E-state index is -3.68. The van der Waals surface area contributed by atoms with Crippen LogP contribution in [0.4, 0.5) is 0 Å². The summed E-state index contributed by atoms with van der Waals surface area (Å²) in [6, 6.07) is 15.1. The van der Waals surface area contributed by atoms with Crippen molar-refractivity contribution in [3.05, 3.63) is 70.7 Å². The fourth-order valence-electron chi connectivity index (χ4n) is 3.11. The fourth-order valence-corrected chi connectivity index (χ4v) is 3.97. The van der Waals surface area contributed by atoms with Crippen molar-refractivity contribution < 1.29 is 22.7 Å². The lowest BCUT2D eigenvalue weighted by molar-refractivity contribution is -0.140. The van der Waals surface area contributed by atoms with Gasteiger partial charge in [-0.25, -0.2) is 8.42 Å². The molecule has 33 heavy (non-hydrogen) atoms. The quantitative estimate of drug-likeness (QED) is 0.456. The van der Waals surface area contributed by atoms with Gasteiger partial charge in [0.1, 0.15) is 6.04 Å². The van der Waals surface area contributed by atoms with Gasteiger partial charge in [-0.15, -0.1) is 0 Å². The molecule has 2 amide bonds. The third-order valence-corrected chi connectivity index (χ3v) is 6.47. The second kappa shape index (κ2) is 12.7. The van der Waals surface area contributed by atoms with Gasteiger partial charge in [0, 0.05) is 31.8 Å². The summed E-state index contributed by atoms with van der Waals surface area (Å²) >= 11 is 5.96. The molecule has 0 aliphatic rings. The first-order valence-corrected chi connectivity index (χ1v) is 12.6. The lowest BCUT2D eigenvalue weighted by atomic mass is 10.1. The Morgan fingerprint density at radius 2 is 1.64 bits per heavy atom. The summed E-state index contributed by atoms with van der Waals surface area (Å²) in [6.45, 7) is 2.02. The highest BCUT2D eigenvalue weighted by atomic mass is 35.5. The van der Waals surface area contributed by atoms with Gasteiger partial charge in [0.25, 0.3) is 0 Å². The van der Waals surface area contributed by atoms with Crippen molar-refractivity contribution in [3.63, 3.8) is 0 Å². The van der Waals surface area contributed by atoms with Gasteiger partial charge in [0.05, 0.1) is 19.4 Å².